The summed E-state index contributed by atoms with van der Waals surface area (Å²) in [5.41, 5.74) is 4.73. The molecule has 1 N–H and O–H groups in total. The van der Waals surface area contributed by atoms with Gasteiger partial charge in [-0.1, -0.05) is 36.7 Å². The van der Waals surface area contributed by atoms with Gasteiger partial charge in [0.2, 0.25) is 0 Å². The zero-order valence-corrected chi connectivity index (χ0v) is 15.7. The largest absolute Gasteiger partial charge is 0.464 e. The van der Waals surface area contributed by atoms with Crippen molar-refractivity contribution < 1.29 is 4.74 Å². The van der Waals surface area contributed by atoms with E-state index in [-0.39, 0.29) is 0 Å². The monoisotopic (exact) mass is 368 g/mol. The van der Waals surface area contributed by atoms with Crippen molar-refractivity contribution in [1.82, 2.24) is 15.0 Å². The van der Waals surface area contributed by atoms with Crippen molar-refractivity contribution in [3.63, 3.8) is 0 Å². The first kappa shape index (κ1) is 18.1. The zero-order valence-electron chi connectivity index (χ0n) is 14.9. The lowest BCUT2D eigenvalue weighted by Crippen LogP contribution is -2.05. The molecule has 0 atom stereocenters. The Labute approximate surface area is 158 Å². The highest BCUT2D eigenvalue weighted by atomic mass is 35.5. The van der Waals surface area contributed by atoms with Crippen molar-refractivity contribution >= 4 is 28.2 Å². The van der Waals surface area contributed by atoms with Gasteiger partial charge in [0.05, 0.1) is 22.8 Å². The Morgan fingerprint density at radius 1 is 1.12 bits per heavy atom. The highest BCUT2D eigenvalue weighted by molar-refractivity contribution is 6.34. The van der Waals surface area contributed by atoms with Crippen molar-refractivity contribution in [2.45, 2.75) is 20.3 Å². The molecule has 0 fully saturated rings. The van der Waals surface area contributed by atoms with Crippen LogP contribution in [0.4, 0.5) is 5.69 Å². The summed E-state index contributed by atoms with van der Waals surface area (Å²) in [5.74, 6) is 0. The Balaban J connectivity index is 1.99. The number of rotatable bonds is 7. The van der Waals surface area contributed by atoms with E-state index in [0.29, 0.717) is 24.2 Å². The van der Waals surface area contributed by atoms with Crippen LogP contribution in [0.25, 0.3) is 22.0 Å². The number of hydrogen-bond acceptors (Lipinski definition) is 5. The van der Waals surface area contributed by atoms with Crippen LogP contribution in [-0.4, -0.2) is 28.1 Å². The molecule has 3 rings (SSSR count). The van der Waals surface area contributed by atoms with E-state index < -0.39 is 0 Å². The van der Waals surface area contributed by atoms with E-state index in [1.807, 2.05) is 25.1 Å². The van der Waals surface area contributed by atoms with Crippen molar-refractivity contribution in [3.05, 3.63) is 54.0 Å². The second kappa shape index (κ2) is 8.15. The van der Waals surface area contributed by atoms with E-state index in [1.54, 1.807) is 18.6 Å². The van der Waals surface area contributed by atoms with Crippen molar-refractivity contribution in [3.8, 4) is 17.1 Å². The Morgan fingerprint density at radius 3 is 2.58 bits per heavy atom. The van der Waals surface area contributed by atoms with E-state index in [4.69, 9.17) is 16.3 Å². The summed E-state index contributed by atoms with van der Waals surface area (Å²) >= 11 is 6.39. The Bertz CT molecular complexity index is 925. The first-order valence-electron chi connectivity index (χ1n) is 8.56. The topological polar surface area (TPSA) is 59.9 Å². The second-order valence-corrected chi connectivity index (χ2v) is 6.26. The lowest BCUT2D eigenvalue weighted by molar-refractivity contribution is 0.312. The van der Waals surface area contributed by atoms with E-state index in [0.717, 1.165) is 39.7 Å². The molecule has 0 saturated carbocycles. The minimum Gasteiger partial charge on any atom is -0.464 e. The summed E-state index contributed by atoms with van der Waals surface area (Å²) in [7, 11) is 0. The fourth-order valence-corrected chi connectivity index (χ4v) is 2.75. The predicted molar refractivity (Wildman–Crippen MR) is 107 cm³/mol. The van der Waals surface area contributed by atoms with E-state index in [2.05, 4.69) is 33.8 Å². The molecule has 134 valence electrons. The number of hydrogen-bond donors (Lipinski definition) is 1. The van der Waals surface area contributed by atoms with Crippen LogP contribution in [-0.2, 0) is 0 Å². The maximum absolute atomic E-state index is 6.39. The van der Waals surface area contributed by atoms with Gasteiger partial charge in [0.25, 0.3) is 0 Å². The summed E-state index contributed by atoms with van der Waals surface area (Å²) in [6, 6.07) is 6.39. The SMILES string of the molecule is C=C(CC)CNc1c(Cl)cnc2ccc(-c3cnc(OCC)nc3)cc12. The van der Waals surface area contributed by atoms with Gasteiger partial charge in [-0.25, -0.2) is 9.97 Å². The number of benzene rings is 1. The normalized spacial score (nSPS) is 10.7. The van der Waals surface area contributed by atoms with Crippen LogP contribution in [0.15, 0.2) is 48.9 Å². The molecule has 1 aromatic carbocycles. The Morgan fingerprint density at radius 2 is 1.88 bits per heavy atom. The number of fused-ring (bicyclic) bond motifs is 1. The zero-order chi connectivity index (χ0) is 18.5. The molecule has 0 amide bonds. The third kappa shape index (κ3) is 3.94. The van der Waals surface area contributed by atoms with Crippen molar-refractivity contribution in [2.24, 2.45) is 0 Å². The fourth-order valence-electron chi connectivity index (χ4n) is 2.53. The minimum atomic E-state index is 0.377. The smallest absolute Gasteiger partial charge is 0.316 e. The molecule has 3 aromatic rings. The molecule has 0 spiro atoms. The third-order valence-corrected chi connectivity index (χ3v) is 4.36. The summed E-state index contributed by atoms with van der Waals surface area (Å²) in [4.78, 5) is 12.9. The first-order chi connectivity index (χ1) is 12.6. The number of aromatic nitrogens is 3. The molecule has 26 heavy (non-hydrogen) atoms. The molecule has 0 radical (unpaired) electrons. The number of nitrogens with one attached hydrogen (secondary N) is 1. The predicted octanol–water partition coefficient (Wildman–Crippen LogP) is 5.12. The van der Waals surface area contributed by atoms with Gasteiger partial charge in [0.1, 0.15) is 0 Å². The number of pyridine rings is 1. The van der Waals surface area contributed by atoms with Crippen LogP contribution < -0.4 is 10.1 Å². The number of nitrogens with zero attached hydrogens (tertiary/aromatic N) is 3. The van der Waals surface area contributed by atoms with Gasteiger partial charge in [-0.05, 0) is 31.0 Å². The summed E-state index contributed by atoms with van der Waals surface area (Å²) < 4.78 is 5.30. The number of halogens is 1. The standard InChI is InChI=1S/C20H21ClN4O/c1-4-13(3)9-23-19-16-8-14(6-7-18(16)22-12-17(19)21)15-10-24-20(25-11-15)26-5-2/h6-8,10-12H,3-5,9H2,1-2H3,(H,22,23). The van der Waals surface area contributed by atoms with Gasteiger partial charge < -0.3 is 10.1 Å². The summed E-state index contributed by atoms with van der Waals surface area (Å²) in [6.45, 7) is 9.23. The molecule has 0 aliphatic heterocycles. The lowest BCUT2D eigenvalue weighted by atomic mass is 10.0. The van der Waals surface area contributed by atoms with Crippen LogP contribution in [0.2, 0.25) is 5.02 Å². The molecule has 2 aromatic heterocycles. The average molecular weight is 369 g/mol. The summed E-state index contributed by atoms with van der Waals surface area (Å²) in [5, 5.41) is 4.92. The van der Waals surface area contributed by atoms with E-state index >= 15 is 0 Å². The molecule has 5 nitrogen and oxygen atoms in total. The molecule has 0 aliphatic rings. The van der Waals surface area contributed by atoms with Crippen LogP contribution in [0, 0.1) is 0 Å². The van der Waals surface area contributed by atoms with Gasteiger partial charge in [0, 0.05) is 36.1 Å². The van der Waals surface area contributed by atoms with Crippen LogP contribution in [0.5, 0.6) is 6.01 Å². The van der Waals surface area contributed by atoms with E-state index in [9.17, 15) is 0 Å². The van der Waals surface area contributed by atoms with Crippen LogP contribution >= 0.6 is 11.6 Å². The number of anilines is 1. The van der Waals surface area contributed by atoms with Gasteiger partial charge >= 0.3 is 6.01 Å². The second-order valence-electron chi connectivity index (χ2n) is 5.86. The maximum Gasteiger partial charge on any atom is 0.316 e. The highest BCUT2D eigenvalue weighted by Gasteiger charge is 2.10. The van der Waals surface area contributed by atoms with Crippen molar-refractivity contribution in [1.29, 1.82) is 0 Å². The highest BCUT2D eigenvalue weighted by Crippen LogP contribution is 2.33. The van der Waals surface area contributed by atoms with Gasteiger partial charge in [-0.15, -0.1) is 0 Å². The molecule has 0 unspecified atom stereocenters. The minimum absolute atomic E-state index is 0.377. The fraction of sp³-hybridized carbons (Fsp3) is 0.250. The maximum atomic E-state index is 6.39. The molecule has 0 aliphatic carbocycles. The van der Waals surface area contributed by atoms with Crippen LogP contribution in [0.1, 0.15) is 20.3 Å². The molecule has 0 saturated heterocycles. The third-order valence-electron chi connectivity index (χ3n) is 4.07. The van der Waals surface area contributed by atoms with Gasteiger partial charge in [-0.3, -0.25) is 4.98 Å². The Hall–Kier alpha value is -2.66. The number of ether oxygens (including phenoxy) is 1. The Kier molecular flexibility index (Phi) is 5.68. The molecule has 6 heteroatoms. The quantitative estimate of drug-likeness (QED) is 0.586. The molecular weight excluding hydrogens is 348 g/mol. The summed E-state index contributed by atoms with van der Waals surface area (Å²) in [6.07, 6.45) is 6.09. The average Bonchev–Trinajstić information content (AvgIpc) is 2.67. The molecular formula is C20H21ClN4O. The van der Waals surface area contributed by atoms with E-state index in [1.165, 1.54) is 0 Å². The van der Waals surface area contributed by atoms with Crippen LogP contribution in [0.3, 0.4) is 0 Å². The van der Waals surface area contributed by atoms with Crippen molar-refractivity contribution in [2.75, 3.05) is 18.5 Å². The molecule has 0 bridgehead atoms. The lowest BCUT2D eigenvalue weighted by Gasteiger charge is -2.13. The first-order valence-corrected chi connectivity index (χ1v) is 8.94. The molecule has 2 heterocycles. The van der Waals surface area contributed by atoms with Gasteiger partial charge in [-0.2, -0.15) is 0 Å². The van der Waals surface area contributed by atoms with Gasteiger partial charge in [0.15, 0.2) is 0 Å².